The molecule has 0 saturated carbocycles. The summed E-state index contributed by atoms with van der Waals surface area (Å²) in [6.07, 6.45) is 0. The molecule has 8 nitrogen and oxygen atoms in total. The summed E-state index contributed by atoms with van der Waals surface area (Å²) >= 11 is 0. The molecule has 0 amide bonds. The van der Waals surface area contributed by atoms with Crippen LogP contribution in [0.25, 0.3) is 10.8 Å². The molecular weight excluding hydrogens is 376 g/mol. The zero-order chi connectivity index (χ0) is 20.8. The Morgan fingerprint density at radius 3 is 2.55 bits per heavy atom. The van der Waals surface area contributed by atoms with E-state index in [0.717, 1.165) is 22.1 Å². The maximum absolute atomic E-state index is 12.6. The van der Waals surface area contributed by atoms with Gasteiger partial charge in [-0.2, -0.15) is 0 Å². The van der Waals surface area contributed by atoms with Crippen LogP contribution < -0.4 is 4.74 Å². The number of hydrogen-bond acceptors (Lipinski definition) is 7. The van der Waals surface area contributed by atoms with E-state index in [1.165, 1.54) is 0 Å². The minimum absolute atomic E-state index is 0.0337. The van der Waals surface area contributed by atoms with Crippen molar-refractivity contribution in [2.75, 3.05) is 7.11 Å². The molecule has 2 aromatic carbocycles. The zero-order valence-corrected chi connectivity index (χ0v) is 16.0. The summed E-state index contributed by atoms with van der Waals surface area (Å²) in [6, 6.07) is 16.4. The summed E-state index contributed by atoms with van der Waals surface area (Å²) < 4.78 is 10.7. The van der Waals surface area contributed by atoms with Crippen molar-refractivity contribution in [1.29, 1.82) is 0 Å². The molecule has 0 N–H and O–H groups in total. The second-order valence-electron chi connectivity index (χ2n) is 6.38. The van der Waals surface area contributed by atoms with E-state index in [1.54, 1.807) is 32.2 Å². The summed E-state index contributed by atoms with van der Waals surface area (Å²) in [6.45, 7) is 1.49. The van der Waals surface area contributed by atoms with Crippen molar-refractivity contribution in [3.05, 3.63) is 81.7 Å². The maximum atomic E-state index is 12.6. The standard InChI is InChI=1S/C21H20N2O6/c1-14(19-8-3-5-15-11-18(27-2)9-10-20(15)19)21(24)28-12-16-6-4-7-17(22-16)13-29-23(25)26/h3-11,14H,12-13H2,1-2H3/t14-/m0/s1. The van der Waals surface area contributed by atoms with E-state index in [4.69, 9.17) is 9.47 Å². The highest BCUT2D eigenvalue weighted by Crippen LogP contribution is 2.29. The number of rotatable bonds is 8. The highest BCUT2D eigenvalue weighted by molar-refractivity contribution is 5.91. The first kappa shape index (κ1) is 20.1. The van der Waals surface area contributed by atoms with Crippen LogP contribution in [-0.4, -0.2) is 23.1 Å². The average Bonchev–Trinajstić information content (AvgIpc) is 2.75. The van der Waals surface area contributed by atoms with E-state index in [0.29, 0.717) is 11.4 Å². The Hall–Kier alpha value is -3.68. The van der Waals surface area contributed by atoms with Crippen LogP contribution in [0.2, 0.25) is 0 Å². The van der Waals surface area contributed by atoms with E-state index in [2.05, 4.69) is 9.82 Å². The number of aromatic nitrogens is 1. The number of pyridine rings is 1. The van der Waals surface area contributed by atoms with Gasteiger partial charge in [0, 0.05) is 0 Å². The van der Waals surface area contributed by atoms with Crippen molar-refractivity contribution in [2.24, 2.45) is 0 Å². The minimum atomic E-state index is -0.879. The van der Waals surface area contributed by atoms with E-state index in [9.17, 15) is 14.9 Å². The van der Waals surface area contributed by atoms with E-state index in [-0.39, 0.29) is 19.2 Å². The van der Waals surface area contributed by atoms with Crippen LogP contribution in [0, 0.1) is 10.1 Å². The maximum Gasteiger partial charge on any atom is 0.313 e. The number of hydrogen-bond donors (Lipinski definition) is 0. The molecular formula is C21H20N2O6. The van der Waals surface area contributed by atoms with Crippen molar-refractivity contribution >= 4 is 16.7 Å². The highest BCUT2D eigenvalue weighted by Gasteiger charge is 2.19. The van der Waals surface area contributed by atoms with Crippen LogP contribution in [0.5, 0.6) is 5.75 Å². The molecule has 0 aliphatic carbocycles. The Morgan fingerprint density at radius 1 is 1.10 bits per heavy atom. The smallest absolute Gasteiger partial charge is 0.313 e. The lowest BCUT2D eigenvalue weighted by Crippen LogP contribution is -2.14. The van der Waals surface area contributed by atoms with Gasteiger partial charge in [0.25, 0.3) is 5.09 Å². The van der Waals surface area contributed by atoms with Gasteiger partial charge in [0.05, 0.1) is 24.4 Å². The summed E-state index contributed by atoms with van der Waals surface area (Å²) in [5.74, 6) is -0.118. The first-order valence-electron chi connectivity index (χ1n) is 8.93. The van der Waals surface area contributed by atoms with Gasteiger partial charge >= 0.3 is 5.97 Å². The third-order valence-electron chi connectivity index (χ3n) is 4.49. The number of ether oxygens (including phenoxy) is 2. The van der Waals surface area contributed by atoms with Crippen molar-refractivity contribution in [3.8, 4) is 5.75 Å². The molecule has 0 saturated heterocycles. The van der Waals surface area contributed by atoms with Crippen molar-refractivity contribution < 1.29 is 24.2 Å². The monoisotopic (exact) mass is 396 g/mol. The number of carbonyl (C=O) groups is 1. The Balaban J connectivity index is 1.69. The fraction of sp³-hybridized carbons (Fsp3) is 0.238. The number of benzene rings is 2. The summed E-state index contributed by atoms with van der Waals surface area (Å²) in [7, 11) is 1.61. The lowest BCUT2D eigenvalue weighted by atomic mass is 9.95. The number of methoxy groups -OCH3 is 1. The Morgan fingerprint density at radius 2 is 1.83 bits per heavy atom. The molecule has 1 atom stereocenters. The van der Waals surface area contributed by atoms with Gasteiger partial charge in [0.2, 0.25) is 0 Å². The molecule has 0 unspecified atom stereocenters. The Kier molecular flexibility index (Phi) is 6.23. The summed E-state index contributed by atoms with van der Waals surface area (Å²) in [4.78, 5) is 31.4. The molecule has 8 heteroatoms. The zero-order valence-electron chi connectivity index (χ0n) is 16.0. The van der Waals surface area contributed by atoms with E-state index < -0.39 is 11.0 Å². The summed E-state index contributed by atoms with van der Waals surface area (Å²) in [5, 5.41) is 11.3. The minimum Gasteiger partial charge on any atom is -0.497 e. The third kappa shape index (κ3) is 4.98. The lowest BCUT2D eigenvalue weighted by Gasteiger charge is -2.15. The molecule has 0 aliphatic rings. The quantitative estimate of drug-likeness (QED) is 0.324. The van der Waals surface area contributed by atoms with Gasteiger partial charge in [-0.1, -0.05) is 30.3 Å². The molecule has 3 aromatic rings. The summed E-state index contributed by atoms with van der Waals surface area (Å²) in [5.41, 5.74) is 1.72. The van der Waals surface area contributed by atoms with Gasteiger partial charge in [-0.15, -0.1) is 10.1 Å². The van der Waals surface area contributed by atoms with Crippen molar-refractivity contribution in [3.63, 3.8) is 0 Å². The second kappa shape index (κ2) is 9.01. The van der Waals surface area contributed by atoms with E-state index in [1.807, 2.05) is 36.4 Å². The second-order valence-corrected chi connectivity index (χ2v) is 6.38. The van der Waals surface area contributed by atoms with Crippen LogP contribution in [-0.2, 0) is 27.6 Å². The largest absolute Gasteiger partial charge is 0.497 e. The molecule has 0 spiro atoms. The molecule has 150 valence electrons. The van der Waals surface area contributed by atoms with Gasteiger partial charge < -0.3 is 14.3 Å². The van der Waals surface area contributed by atoms with Gasteiger partial charge in [-0.25, -0.2) is 0 Å². The van der Waals surface area contributed by atoms with Gasteiger partial charge in [-0.05, 0) is 47.5 Å². The first-order valence-corrected chi connectivity index (χ1v) is 8.93. The fourth-order valence-electron chi connectivity index (χ4n) is 3.00. The van der Waals surface area contributed by atoms with E-state index >= 15 is 0 Å². The SMILES string of the molecule is COc1ccc2c([C@H](C)C(=O)OCc3cccc(CO[N+](=O)[O-])n3)cccc2c1. The van der Waals surface area contributed by atoms with Gasteiger partial charge in [0.1, 0.15) is 19.0 Å². The van der Waals surface area contributed by atoms with Crippen molar-refractivity contribution in [2.45, 2.75) is 26.1 Å². The number of esters is 1. The lowest BCUT2D eigenvalue weighted by molar-refractivity contribution is -0.763. The molecule has 1 aromatic heterocycles. The Labute approximate surface area is 167 Å². The molecule has 0 radical (unpaired) electrons. The number of carbonyl (C=O) groups excluding carboxylic acids is 1. The van der Waals surface area contributed by atoms with Crippen molar-refractivity contribution in [1.82, 2.24) is 4.98 Å². The Bertz CT molecular complexity index is 1040. The molecule has 3 rings (SSSR count). The molecule has 0 bridgehead atoms. The molecule has 1 heterocycles. The topological polar surface area (TPSA) is 101 Å². The van der Waals surface area contributed by atoms with Crippen LogP contribution in [0.3, 0.4) is 0 Å². The predicted octanol–water partition coefficient (Wildman–Crippen LogP) is 3.80. The normalized spacial score (nSPS) is 11.7. The number of fused-ring (bicyclic) bond motifs is 1. The first-order chi connectivity index (χ1) is 14.0. The fourth-order valence-corrected chi connectivity index (χ4v) is 3.00. The van der Waals surface area contributed by atoms with Crippen LogP contribution in [0.15, 0.2) is 54.6 Å². The highest BCUT2D eigenvalue weighted by atomic mass is 16.9. The molecule has 0 aliphatic heterocycles. The predicted molar refractivity (Wildman–Crippen MR) is 105 cm³/mol. The third-order valence-corrected chi connectivity index (χ3v) is 4.49. The average molecular weight is 396 g/mol. The van der Waals surface area contributed by atoms with Gasteiger partial charge in [-0.3, -0.25) is 9.78 Å². The van der Waals surface area contributed by atoms with Crippen LogP contribution >= 0.6 is 0 Å². The van der Waals surface area contributed by atoms with Gasteiger partial charge in [0.15, 0.2) is 0 Å². The van der Waals surface area contributed by atoms with Crippen LogP contribution in [0.1, 0.15) is 29.8 Å². The van der Waals surface area contributed by atoms with Crippen LogP contribution in [0.4, 0.5) is 0 Å². The molecule has 29 heavy (non-hydrogen) atoms. The molecule has 0 fully saturated rings. The number of nitrogens with zero attached hydrogens (tertiary/aromatic N) is 2.